The summed E-state index contributed by atoms with van der Waals surface area (Å²) in [4.78, 5) is 22.7. The van der Waals surface area contributed by atoms with Crippen molar-refractivity contribution in [3.63, 3.8) is 0 Å². The topological polar surface area (TPSA) is 69.6 Å². The van der Waals surface area contributed by atoms with E-state index in [1.165, 1.54) is 0 Å². The van der Waals surface area contributed by atoms with Crippen molar-refractivity contribution in [2.75, 3.05) is 32.7 Å². The number of guanidine groups is 1. The quantitative estimate of drug-likeness (QED) is 0.585. The number of nitrogens with zero attached hydrogens (tertiary/aromatic N) is 3. The number of carbonyl (C=O) groups is 1. The molecule has 2 heterocycles. The molecule has 0 aromatic carbocycles. The van der Waals surface area contributed by atoms with Crippen LogP contribution in [0.15, 0.2) is 29.4 Å². The van der Waals surface area contributed by atoms with Crippen molar-refractivity contribution in [1.29, 1.82) is 0 Å². The summed E-state index contributed by atoms with van der Waals surface area (Å²) in [6.45, 7) is 5.94. The van der Waals surface area contributed by atoms with Gasteiger partial charge in [-0.15, -0.1) is 0 Å². The van der Waals surface area contributed by atoms with E-state index in [2.05, 4.69) is 20.6 Å². The lowest BCUT2D eigenvalue weighted by Crippen LogP contribution is -2.38. The fourth-order valence-electron chi connectivity index (χ4n) is 2.58. The summed E-state index contributed by atoms with van der Waals surface area (Å²) in [5, 5.41) is 6.49. The average molecular weight is 317 g/mol. The van der Waals surface area contributed by atoms with Crippen molar-refractivity contribution in [2.24, 2.45) is 4.99 Å². The molecule has 0 unspecified atom stereocenters. The third-order valence-electron chi connectivity index (χ3n) is 3.80. The van der Waals surface area contributed by atoms with Gasteiger partial charge in [0, 0.05) is 50.9 Å². The molecule has 0 saturated carbocycles. The van der Waals surface area contributed by atoms with E-state index >= 15 is 0 Å². The zero-order valence-electron chi connectivity index (χ0n) is 13.9. The number of nitrogens with one attached hydrogen (secondary N) is 2. The van der Waals surface area contributed by atoms with Crippen LogP contribution in [-0.4, -0.2) is 54.5 Å². The third-order valence-corrected chi connectivity index (χ3v) is 3.80. The molecule has 1 fully saturated rings. The Kier molecular flexibility index (Phi) is 7.36. The van der Waals surface area contributed by atoms with E-state index in [0.717, 1.165) is 57.1 Å². The molecule has 0 bridgehead atoms. The van der Waals surface area contributed by atoms with Crippen LogP contribution >= 0.6 is 0 Å². The van der Waals surface area contributed by atoms with Crippen molar-refractivity contribution >= 4 is 11.9 Å². The first-order valence-electron chi connectivity index (χ1n) is 8.49. The molecule has 1 aromatic rings. The second-order valence-corrected chi connectivity index (χ2v) is 5.60. The number of pyridine rings is 1. The fraction of sp³-hybridized carbons (Fsp3) is 0.588. The molecule has 1 saturated heterocycles. The van der Waals surface area contributed by atoms with E-state index < -0.39 is 0 Å². The number of carbonyl (C=O) groups excluding carboxylic acids is 1. The van der Waals surface area contributed by atoms with Gasteiger partial charge in [-0.2, -0.15) is 0 Å². The highest BCUT2D eigenvalue weighted by molar-refractivity contribution is 5.80. The molecule has 126 valence electrons. The summed E-state index contributed by atoms with van der Waals surface area (Å²) >= 11 is 0. The van der Waals surface area contributed by atoms with Crippen molar-refractivity contribution in [1.82, 2.24) is 20.5 Å². The predicted octanol–water partition coefficient (Wildman–Crippen LogP) is 1.19. The Bertz CT molecular complexity index is 497. The van der Waals surface area contributed by atoms with Gasteiger partial charge in [0.1, 0.15) is 0 Å². The maximum Gasteiger partial charge on any atom is 0.224 e. The lowest BCUT2D eigenvalue weighted by molar-refractivity contribution is -0.129. The van der Waals surface area contributed by atoms with E-state index in [-0.39, 0.29) is 5.91 Å². The normalized spacial score (nSPS) is 14.8. The summed E-state index contributed by atoms with van der Waals surface area (Å²) in [5.74, 6) is 0.980. The molecular formula is C17H27N5O. The number of likely N-dealkylation sites (tertiary alicyclic amines) is 1. The molecule has 6 heteroatoms. The molecule has 0 aliphatic carbocycles. The van der Waals surface area contributed by atoms with Gasteiger partial charge in [-0.05, 0) is 31.9 Å². The average Bonchev–Trinajstić information content (AvgIpc) is 3.10. The van der Waals surface area contributed by atoms with E-state index in [4.69, 9.17) is 0 Å². The van der Waals surface area contributed by atoms with E-state index in [0.29, 0.717) is 13.0 Å². The molecule has 1 aromatic heterocycles. The van der Waals surface area contributed by atoms with Crippen LogP contribution in [0, 0.1) is 0 Å². The largest absolute Gasteiger partial charge is 0.357 e. The van der Waals surface area contributed by atoms with Crippen molar-refractivity contribution in [2.45, 2.75) is 32.6 Å². The zero-order chi connectivity index (χ0) is 16.3. The smallest absolute Gasteiger partial charge is 0.224 e. The summed E-state index contributed by atoms with van der Waals surface area (Å²) in [6, 6.07) is 5.92. The Hall–Kier alpha value is -2.11. The number of aromatic nitrogens is 1. The standard InChI is InChI=1S/C17H27N5O/c1-2-18-17(20-11-8-15-7-3-4-10-19-15)21-12-9-16(23)22-13-5-6-14-22/h3-4,7,10H,2,5-6,8-9,11-14H2,1H3,(H2,18,20,21). The van der Waals surface area contributed by atoms with Crippen molar-refractivity contribution < 1.29 is 4.79 Å². The van der Waals surface area contributed by atoms with Crippen LogP contribution in [0.2, 0.25) is 0 Å². The minimum Gasteiger partial charge on any atom is -0.357 e. The van der Waals surface area contributed by atoms with Gasteiger partial charge in [0.15, 0.2) is 5.96 Å². The fourth-order valence-corrected chi connectivity index (χ4v) is 2.58. The highest BCUT2D eigenvalue weighted by atomic mass is 16.2. The summed E-state index contributed by atoms with van der Waals surface area (Å²) in [5.41, 5.74) is 1.06. The Balaban J connectivity index is 1.72. The molecular weight excluding hydrogens is 290 g/mol. The van der Waals surface area contributed by atoms with E-state index in [1.807, 2.05) is 30.0 Å². The Morgan fingerprint density at radius 2 is 2.13 bits per heavy atom. The summed E-state index contributed by atoms with van der Waals surface area (Å²) in [7, 11) is 0. The molecule has 6 nitrogen and oxygen atoms in total. The minimum absolute atomic E-state index is 0.218. The minimum atomic E-state index is 0.218. The molecule has 1 aliphatic heterocycles. The summed E-state index contributed by atoms with van der Waals surface area (Å²) in [6.07, 6.45) is 5.40. The van der Waals surface area contributed by atoms with Gasteiger partial charge in [0.05, 0.1) is 6.54 Å². The lowest BCUT2D eigenvalue weighted by Gasteiger charge is -2.15. The Morgan fingerprint density at radius 3 is 2.83 bits per heavy atom. The van der Waals surface area contributed by atoms with Gasteiger partial charge in [-0.25, -0.2) is 0 Å². The van der Waals surface area contributed by atoms with Crippen LogP contribution in [0.1, 0.15) is 31.9 Å². The number of hydrogen-bond donors (Lipinski definition) is 2. The Morgan fingerprint density at radius 1 is 1.30 bits per heavy atom. The van der Waals surface area contributed by atoms with Crippen molar-refractivity contribution in [3.8, 4) is 0 Å². The predicted molar refractivity (Wildman–Crippen MR) is 92.4 cm³/mol. The molecule has 2 N–H and O–H groups in total. The van der Waals surface area contributed by atoms with Gasteiger partial charge in [0.25, 0.3) is 0 Å². The number of amides is 1. The molecule has 0 radical (unpaired) electrons. The number of aliphatic imine (C=N–C) groups is 1. The van der Waals surface area contributed by atoms with Crippen LogP contribution in [-0.2, 0) is 11.2 Å². The zero-order valence-corrected chi connectivity index (χ0v) is 13.9. The molecule has 0 atom stereocenters. The first-order chi connectivity index (χ1) is 11.3. The highest BCUT2D eigenvalue weighted by Crippen LogP contribution is 2.08. The number of hydrogen-bond acceptors (Lipinski definition) is 3. The molecule has 2 rings (SSSR count). The van der Waals surface area contributed by atoms with Gasteiger partial charge < -0.3 is 15.5 Å². The molecule has 0 spiro atoms. The van der Waals surface area contributed by atoms with E-state index in [9.17, 15) is 4.79 Å². The molecule has 1 amide bonds. The molecule has 1 aliphatic rings. The van der Waals surface area contributed by atoms with Gasteiger partial charge in [-0.3, -0.25) is 14.8 Å². The first kappa shape index (κ1) is 17.2. The second kappa shape index (κ2) is 9.82. The highest BCUT2D eigenvalue weighted by Gasteiger charge is 2.16. The van der Waals surface area contributed by atoms with Gasteiger partial charge in [0.2, 0.25) is 5.91 Å². The third kappa shape index (κ3) is 6.26. The number of rotatable bonds is 7. The monoisotopic (exact) mass is 317 g/mol. The van der Waals surface area contributed by atoms with Crippen LogP contribution in [0.5, 0.6) is 0 Å². The van der Waals surface area contributed by atoms with Crippen LogP contribution in [0.4, 0.5) is 0 Å². The summed E-state index contributed by atoms with van der Waals surface area (Å²) < 4.78 is 0. The van der Waals surface area contributed by atoms with Crippen LogP contribution in [0.25, 0.3) is 0 Å². The second-order valence-electron chi connectivity index (χ2n) is 5.60. The van der Waals surface area contributed by atoms with E-state index in [1.54, 1.807) is 6.20 Å². The van der Waals surface area contributed by atoms with Gasteiger partial charge >= 0.3 is 0 Å². The SMILES string of the molecule is CCNC(=NCCC(=O)N1CCCC1)NCCc1ccccn1. The first-order valence-corrected chi connectivity index (χ1v) is 8.49. The van der Waals surface area contributed by atoms with Crippen LogP contribution < -0.4 is 10.6 Å². The van der Waals surface area contributed by atoms with Gasteiger partial charge in [-0.1, -0.05) is 6.07 Å². The molecule has 23 heavy (non-hydrogen) atoms. The van der Waals surface area contributed by atoms with Crippen LogP contribution in [0.3, 0.4) is 0 Å². The van der Waals surface area contributed by atoms with Crippen molar-refractivity contribution in [3.05, 3.63) is 30.1 Å². The Labute approximate surface area is 138 Å². The lowest BCUT2D eigenvalue weighted by atomic mass is 10.3. The maximum atomic E-state index is 12.0. The maximum absolute atomic E-state index is 12.0.